The van der Waals surface area contributed by atoms with Crippen LogP contribution in [0.5, 0.6) is 0 Å². The number of rotatable bonds is 7. The molecule has 0 aromatic carbocycles. The summed E-state index contributed by atoms with van der Waals surface area (Å²) in [6, 6.07) is 0. The van der Waals surface area contributed by atoms with Gasteiger partial charge in [0.1, 0.15) is 24.4 Å². The molecule has 6 unspecified atom stereocenters. The molecule has 1 saturated heterocycles. The van der Waals surface area contributed by atoms with Gasteiger partial charge in [0.2, 0.25) is 0 Å². The number of ether oxygens (including phenoxy) is 6. The largest absolute Gasteiger partial charge is 0.458 e. The highest BCUT2D eigenvalue weighted by Crippen LogP contribution is 2.44. The van der Waals surface area contributed by atoms with Crippen molar-refractivity contribution in [2.45, 2.75) is 114 Å². The number of aliphatic hydroxyl groups excluding tert-OH is 1. The van der Waals surface area contributed by atoms with E-state index in [4.69, 9.17) is 28.4 Å². The molecule has 2 heterocycles. The van der Waals surface area contributed by atoms with Gasteiger partial charge in [0.25, 0.3) is 0 Å². The molecule has 1 aliphatic carbocycles. The molecule has 0 radical (unpaired) electrons. The zero-order chi connectivity index (χ0) is 31.0. The van der Waals surface area contributed by atoms with Crippen molar-refractivity contribution in [2.24, 2.45) is 23.7 Å². The van der Waals surface area contributed by atoms with Crippen LogP contribution in [0.3, 0.4) is 0 Å². The van der Waals surface area contributed by atoms with E-state index < -0.39 is 54.3 Å². The fraction of sp³-hybridized carbons (Fsp3) is 0.781. The monoisotopic (exact) mass is 658 g/mol. The predicted molar refractivity (Wildman–Crippen MR) is 163 cm³/mol. The molecule has 3 rings (SSSR count). The van der Waals surface area contributed by atoms with Crippen LogP contribution >= 0.6 is 15.9 Å². The summed E-state index contributed by atoms with van der Waals surface area (Å²) in [6.45, 7) is 7.68. The first-order valence-electron chi connectivity index (χ1n) is 15.1. The van der Waals surface area contributed by atoms with E-state index in [1.165, 1.54) is 0 Å². The molecule has 2 aliphatic heterocycles. The number of carbonyl (C=O) groups excluding carboxylic acids is 1. The lowest BCUT2D eigenvalue weighted by Gasteiger charge is -2.49. The number of cyclic esters (lactones) is 1. The molecule has 2 N–H and O–H groups in total. The maximum atomic E-state index is 13.5. The molecule has 2 bridgehead atoms. The van der Waals surface area contributed by atoms with Gasteiger partial charge in [0.05, 0.1) is 29.8 Å². The molecule has 2 fully saturated rings. The summed E-state index contributed by atoms with van der Waals surface area (Å²) < 4.78 is 35.9. The number of esters is 1. The van der Waals surface area contributed by atoms with E-state index in [-0.39, 0.29) is 36.4 Å². The normalized spacial score (nSPS) is 45.0. The Bertz CT molecular complexity index is 941. The molecular weight excluding hydrogens is 608 g/mol. The first-order chi connectivity index (χ1) is 20.0. The second-order valence-electron chi connectivity index (χ2n) is 12.3. The SMILES string of the molecule is CO[C@@H]1[C@H](OC)[C@@H](OC2C[C@@H]3C[C@](O)(C2)C(C)C(=O)OC(/C=C/C=C/Br)CC(C)/C=C\CC(O)C3C)O[C@H](C)[C@H]1OC. The van der Waals surface area contributed by atoms with Crippen LogP contribution in [0.15, 0.2) is 35.4 Å². The summed E-state index contributed by atoms with van der Waals surface area (Å²) in [5.74, 6) is -1.41. The first kappa shape index (κ1) is 35.4. The fourth-order valence-electron chi connectivity index (χ4n) is 6.70. The number of hydrogen-bond acceptors (Lipinski definition) is 9. The first-order valence-corrected chi connectivity index (χ1v) is 16.0. The van der Waals surface area contributed by atoms with Crippen LogP contribution < -0.4 is 0 Å². The molecular formula is C32H51BrO9. The van der Waals surface area contributed by atoms with Gasteiger partial charge in [0, 0.05) is 27.8 Å². The summed E-state index contributed by atoms with van der Waals surface area (Å²) in [5, 5.41) is 23.3. The van der Waals surface area contributed by atoms with Crippen LogP contribution in [0.4, 0.5) is 0 Å². The van der Waals surface area contributed by atoms with Crippen LogP contribution in [0, 0.1) is 23.7 Å². The van der Waals surface area contributed by atoms with Gasteiger partial charge < -0.3 is 38.6 Å². The van der Waals surface area contributed by atoms with Crippen LogP contribution in [-0.2, 0) is 33.2 Å². The Labute approximate surface area is 259 Å². The van der Waals surface area contributed by atoms with Crippen LogP contribution in [0.2, 0.25) is 0 Å². The number of halogens is 1. The number of hydrogen-bond donors (Lipinski definition) is 2. The second-order valence-corrected chi connectivity index (χ2v) is 12.8. The van der Waals surface area contributed by atoms with Crippen LogP contribution in [-0.4, -0.2) is 92.1 Å². The Hall–Kier alpha value is -1.11. The van der Waals surface area contributed by atoms with Gasteiger partial charge >= 0.3 is 5.97 Å². The second kappa shape index (κ2) is 16.3. The highest BCUT2D eigenvalue weighted by atomic mass is 79.9. The minimum atomic E-state index is -1.41. The Kier molecular flexibility index (Phi) is 13.7. The van der Waals surface area contributed by atoms with Gasteiger partial charge in [-0.25, -0.2) is 0 Å². The third-order valence-corrected chi connectivity index (χ3v) is 9.67. The molecule has 0 amide bonds. The van der Waals surface area contributed by atoms with E-state index in [1.54, 1.807) is 33.2 Å². The van der Waals surface area contributed by atoms with Crippen molar-refractivity contribution in [2.75, 3.05) is 21.3 Å². The lowest BCUT2D eigenvalue weighted by Crippen LogP contribution is -2.60. The van der Waals surface area contributed by atoms with Crippen molar-refractivity contribution in [1.29, 1.82) is 0 Å². The predicted octanol–water partition coefficient (Wildman–Crippen LogP) is 4.69. The summed E-state index contributed by atoms with van der Waals surface area (Å²) in [5.41, 5.74) is -1.41. The van der Waals surface area contributed by atoms with Crippen LogP contribution in [0.25, 0.3) is 0 Å². The van der Waals surface area contributed by atoms with E-state index in [2.05, 4.69) is 28.9 Å². The molecule has 240 valence electrons. The topological polar surface area (TPSA) is 113 Å². The average molecular weight is 660 g/mol. The molecule has 9 nitrogen and oxygen atoms in total. The van der Waals surface area contributed by atoms with Crippen LogP contribution in [0.1, 0.15) is 59.8 Å². The molecule has 42 heavy (non-hydrogen) atoms. The van der Waals surface area contributed by atoms with Gasteiger partial charge in [-0.2, -0.15) is 0 Å². The Morgan fingerprint density at radius 1 is 1.00 bits per heavy atom. The van der Waals surface area contributed by atoms with E-state index in [0.29, 0.717) is 25.7 Å². The molecule has 13 atom stereocenters. The lowest BCUT2D eigenvalue weighted by molar-refractivity contribution is -0.321. The van der Waals surface area contributed by atoms with Gasteiger partial charge in [-0.15, -0.1) is 0 Å². The summed E-state index contributed by atoms with van der Waals surface area (Å²) in [6.07, 6.45) is 7.80. The minimum absolute atomic E-state index is 0.112. The van der Waals surface area contributed by atoms with E-state index in [9.17, 15) is 15.0 Å². The third-order valence-electron chi connectivity index (χ3n) is 9.37. The van der Waals surface area contributed by atoms with Gasteiger partial charge in [-0.3, -0.25) is 4.79 Å². The summed E-state index contributed by atoms with van der Waals surface area (Å²) in [7, 11) is 4.79. The van der Waals surface area contributed by atoms with Crippen molar-refractivity contribution >= 4 is 21.9 Å². The smallest absolute Gasteiger partial charge is 0.312 e. The maximum Gasteiger partial charge on any atom is 0.312 e. The van der Waals surface area contributed by atoms with Crippen molar-refractivity contribution < 1.29 is 43.4 Å². The molecule has 1 saturated carbocycles. The highest BCUT2D eigenvalue weighted by Gasteiger charge is 2.51. The molecule has 0 aromatic rings. The lowest BCUT2D eigenvalue weighted by atomic mass is 9.66. The zero-order valence-electron chi connectivity index (χ0n) is 26.1. The van der Waals surface area contributed by atoms with Crippen molar-refractivity contribution in [3.8, 4) is 0 Å². The Balaban J connectivity index is 1.92. The van der Waals surface area contributed by atoms with Gasteiger partial charge in [0.15, 0.2) is 6.29 Å². The zero-order valence-corrected chi connectivity index (χ0v) is 27.6. The fourth-order valence-corrected chi connectivity index (χ4v) is 6.87. The average Bonchev–Trinajstić information content (AvgIpc) is 2.95. The van der Waals surface area contributed by atoms with E-state index >= 15 is 0 Å². The van der Waals surface area contributed by atoms with Gasteiger partial charge in [-0.05, 0) is 68.3 Å². The summed E-state index contributed by atoms with van der Waals surface area (Å²) >= 11 is 3.26. The number of allylic oxidation sites excluding steroid dienone is 3. The number of methoxy groups -OCH3 is 3. The van der Waals surface area contributed by atoms with E-state index in [0.717, 1.165) is 0 Å². The Morgan fingerprint density at radius 3 is 2.33 bits per heavy atom. The molecule has 3 aliphatic rings. The highest BCUT2D eigenvalue weighted by molar-refractivity contribution is 9.11. The molecule has 0 spiro atoms. The molecule has 0 aromatic heterocycles. The standard InChI is InChI=1S/C32H51BrO9/c1-19-11-10-13-26(34)20(2)23-16-25(42-31-29(39-7)28(38-6)27(37-5)22(4)40-31)18-32(36,17-23)21(3)30(35)41-24(15-19)12-8-9-14-33/h8-12,14,19-29,31,34,36H,13,15-18H2,1-7H3/b11-10-,12-8+,14-9+/t19?,20?,21?,22-,23-,24?,25?,26?,27-,28+,29+,31-,32+/m1/s1. The maximum absolute atomic E-state index is 13.5. The molecule has 10 heteroatoms. The number of aliphatic hydroxyl groups is 2. The minimum Gasteiger partial charge on any atom is -0.458 e. The third kappa shape index (κ3) is 8.75. The van der Waals surface area contributed by atoms with E-state index in [1.807, 2.05) is 38.2 Å². The number of carbonyl (C=O) groups is 1. The van der Waals surface area contributed by atoms with Crippen molar-refractivity contribution in [3.05, 3.63) is 35.4 Å². The quantitative estimate of drug-likeness (QED) is 0.229. The van der Waals surface area contributed by atoms with Crippen molar-refractivity contribution in [3.63, 3.8) is 0 Å². The number of fused-ring (bicyclic) bond motifs is 2. The van der Waals surface area contributed by atoms with Crippen molar-refractivity contribution in [1.82, 2.24) is 0 Å². The summed E-state index contributed by atoms with van der Waals surface area (Å²) in [4.78, 5) is 15.3. The Morgan fingerprint density at radius 2 is 1.69 bits per heavy atom. The van der Waals surface area contributed by atoms with Gasteiger partial charge in [-0.1, -0.05) is 54.1 Å².